The van der Waals surface area contributed by atoms with Crippen molar-refractivity contribution >= 4 is 27.5 Å². The highest BCUT2D eigenvalue weighted by Gasteiger charge is 1.88. The maximum atomic E-state index is 4.92. The van der Waals surface area contributed by atoms with Gasteiger partial charge in [0.05, 0.1) is 4.79 Å². The van der Waals surface area contributed by atoms with Crippen LogP contribution in [0.2, 0.25) is 0 Å². The van der Waals surface area contributed by atoms with Crippen LogP contribution in [0.15, 0.2) is 0 Å². The molecule has 0 atom stereocenters. The Balaban J connectivity index is 0. The average Bonchev–Trinajstić information content (AvgIpc) is 2.18. The van der Waals surface area contributed by atoms with Crippen LogP contribution in [-0.2, 0) is 0 Å². The third-order valence-corrected chi connectivity index (χ3v) is 2.21. The molecule has 0 N–H and O–H groups in total. The molecule has 14 heavy (non-hydrogen) atoms. The van der Waals surface area contributed by atoms with Gasteiger partial charge in [-0.15, -0.1) is 11.6 Å². The van der Waals surface area contributed by atoms with E-state index in [4.69, 9.17) is 11.6 Å². The van der Waals surface area contributed by atoms with Gasteiger partial charge in [-0.2, -0.15) is 0 Å². The molecule has 0 radical (unpaired) electrons. The lowest BCUT2D eigenvalue weighted by molar-refractivity contribution is 0.572. The van der Waals surface area contributed by atoms with Crippen LogP contribution < -0.4 is 0 Å². The molecule has 0 saturated carbocycles. The molecule has 0 aliphatic heterocycles. The summed E-state index contributed by atoms with van der Waals surface area (Å²) in [6.45, 7) is 4.55. The highest BCUT2D eigenvalue weighted by atomic mass is 79.9. The van der Waals surface area contributed by atoms with Crippen LogP contribution in [0.4, 0.5) is 0 Å². The number of hydrogen-bond acceptors (Lipinski definition) is 0. The van der Waals surface area contributed by atoms with E-state index in [9.17, 15) is 0 Å². The third kappa shape index (κ3) is 23.0. The van der Waals surface area contributed by atoms with Gasteiger partial charge in [0, 0.05) is 0 Å². The summed E-state index contributed by atoms with van der Waals surface area (Å²) >= 11 is 7.83. The summed E-state index contributed by atoms with van der Waals surface area (Å²) in [5.41, 5.74) is 0. The number of alkyl halides is 2. The molecule has 88 valence electrons. The molecule has 0 fully saturated rings. The minimum atomic E-state index is 0.535. The van der Waals surface area contributed by atoms with E-state index >= 15 is 0 Å². The molecule has 2 heteroatoms. The smallest absolute Gasteiger partial charge is 0.0778 e. The summed E-state index contributed by atoms with van der Waals surface area (Å²) in [5.74, 6) is 0. The van der Waals surface area contributed by atoms with Crippen molar-refractivity contribution in [2.75, 3.05) is 4.79 Å². The maximum Gasteiger partial charge on any atom is 0.0778 e. The van der Waals surface area contributed by atoms with Crippen molar-refractivity contribution < 1.29 is 0 Å². The normalized spacial score (nSPS) is 9.43. The van der Waals surface area contributed by atoms with Gasteiger partial charge in [-0.25, -0.2) is 0 Å². The molecular formula is C12H26BrCl. The molecule has 0 bridgehead atoms. The predicted molar refractivity (Wildman–Crippen MR) is 72.5 cm³/mol. The third-order valence-electron chi connectivity index (χ3n) is 2.21. The van der Waals surface area contributed by atoms with E-state index in [0.29, 0.717) is 4.79 Å². The van der Waals surface area contributed by atoms with Gasteiger partial charge in [-0.1, -0.05) is 87.6 Å². The SMILES string of the molecule is CCCCCCCCCCC.ClCBr. The fourth-order valence-corrected chi connectivity index (χ4v) is 1.38. The van der Waals surface area contributed by atoms with Gasteiger partial charge in [-0.05, 0) is 0 Å². The maximum absolute atomic E-state index is 4.92. The molecule has 0 heterocycles. The van der Waals surface area contributed by atoms with Crippen LogP contribution in [0.1, 0.15) is 71.6 Å². The number of halogens is 2. The van der Waals surface area contributed by atoms with E-state index in [1.54, 1.807) is 0 Å². The van der Waals surface area contributed by atoms with Crippen molar-refractivity contribution in [3.63, 3.8) is 0 Å². The molecule has 0 amide bonds. The monoisotopic (exact) mass is 284 g/mol. The van der Waals surface area contributed by atoms with E-state index in [2.05, 4.69) is 29.8 Å². The van der Waals surface area contributed by atoms with Gasteiger partial charge in [0.1, 0.15) is 0 Å². The zero-order valence-corrected chi connectivity index (χ0v) is 12.2. The van der Waals surface area contributed by atoms with Gasteiger partial charge < -0.3 is 0 Å². The summed E-state index contributed by atoms with van der Waals surface area (Å²) < 4.78 is 0. The topological polar surface area (TPSA) is 0 Å². The highest BCUT2D eigenvalue weighted by molar-refractivity contribution is 9.09. The summed E-state index contributed by atoms with van der Waals surface area (Å²) in [4.78, 5) is 0.535. The Hall–Kier alpha value is 0.770. The molecule has 0 nitrogen and oxygen atoms in total. The Morgan fingerprint density at radius 2 is 0.929 bits per heavy atom. The number of rotatable bonds is 8. The van der Waals surface area contributed by atoms with Crippen molar-refractivity contribution in [2.24, 2.45) is 0 Å². The highest BCUT2D eigenvalue weighted by Crippen LogP contribution is 2.08. The second-order valence-corrected chi connectivity index (χ2v) is 5.05. The molecule has 0 spiro atoms. The van der Waals surface area contributed by atoms with Gasteiger partial charge in [0.25, 0.3) is 0 Å². The lowest BCUT2D eigenvalue weighted by Crippen LogP contribution is -1.79. The van der Waals surface area contributed by atoms with Crippen LogP contribution in [0.25, 0.3) is 0 Å². The predicted octanol–water partition coefficient (Wildman–Crippen LogP) is 6.11. The van der Waals surface area contributed by atoms with Crippen LogP contribution in [0.3, 0.4) is 0 Å². The van der Waals surface area contributed by atoms with E-state index in [-0.39, 0.29) is 0 Å². The summed E-state index contributed by atoms with van der Waals surface area (Å²) in [6.07, 6.45) is 13.0. The van der Waals surface area contributed by atoms with Gasteiger partial charge in [0.15, 0.2) is 0 Å². The minimum absolute atomic E-state index is 0.535. The second kappa shape index (κ2) is 19.4. The molecule has 0 aliphatic carbocycles. The fourth-order valence-electron chi connectivity index (χ4n) is 1.38. The zero-order valence-electron chi connectivity index (χ0n) is 9.83. The van der Waals surface area contributed by atoms with Gasteiger partial charge >= 0.3 is 0 Å². The Labute approximate surface area is 104 Å². The minimum Gasteiger partial charge on any atom is -0.114 e. The van der Waals surface area contributed by atoms with Crippen molar-refractivity contribution in [1.29, 1.82) is 0 Å². The van der Waals surface area contributed by atoms with Crippen LogP contribution in [0.5, 0.6) is 0 Å². The fraction of sp³-hybridized carbons (Fsp3) is 1.00. The van der Waals surface area contributed by atoms with E-state index in [1.807, 2.05) is 0 Å². The molecular weight excluding hydrogens is 259 g/mol. The van der Waals surface area contributed by atoms with Crippen LogP contribution >= 0.6 is 27.5 Å². The van der Waals surface area contributed by atoms with Crippen molar-refractivity contribution in [1.82, 2.24) is 0 Å². The average molecular weight is 286 g/mol. The standard InChI is InChI=1S/C11H24.CH2BrCl/c1-3-5-7-9-11-10-8-6-4-2;2-1-3/h3-11H2,1-2H3;1H2. The molecule has 0 unspecified atom stereocenters. The van der Waals surface area contributed by atoms with Crippen LogP contribution in [-0.4, -0.2) is 4.79 Å². The van der Waals surface area contributed by atoms with E-state index in [1.165, 1.54) is 57.8 Å². The van der Waals surface area contributed by atoms with Gasteiger partial charge in [-0.3, -0.25) is 0 Å². The number of unbranched alkanes of at least 4 members (excludes halogenated alkanes) is 8. The largest absolute Gasteiger partial charge is 0.114 e. The Bertz CT molecular complexity index is 68.7. The Morgan fingerprint density at radius 1 is 0.714 bits per heavy atom. The zero-order chi connectivity index (χ0) is 11.1. The Kier molecular flexibility index (Phi) is 23.7. The quantitative estimate of drug-likeness (QED) is 0.372. The molecule has 0 rings (SSSR count). The first-order valence-electron chi connectivity index (χ1n) is 5.95. The molecule has 0 saturated heterocycles. The molecule has 0 aromatic rings. The lowest BCUT2D eigenvalue weighted by atomic mass is 10.1. The second-order valence-electron chi connectivity index (χ2n) is 3.58. The van der Waals surface area contributed by atoms with Crippen molar-refractivity contribution in [2.45, 2.75) is 71.6 Å². The molecule has 0 aromatic heterocycles. The van der Waals surface area contributed by atoms with Gasteiger partial charge in [0.2, 0.25) is 0 Å². The molecule has 0 aliphatic rings. The summed E-state index contributed by atoms with van der Waals surface area (Å²) in [7, 11) is 0. The lowest BCUT2D eigenvalue weighted by Gasteiger charge is -1.98. The van der Waals surface area contributed by atoms with Crippen molar-refractivity contribution in [3.05, 3.63) is 0 Å². The van der Waals surface area contributed by atoms with E-state index < -0.39 is 0 Å². The summed E-state index contributed by atoms with van der Waals surface area (Å²) in [5, 5.41) is 0. The first kappa shape index (κ1) is 17.2. The first-order chi connectivity index (χ1) is 6.83. The van der Waals surface area contributed by atoms with E-state index in [0.717, 1.165) is 0 Å². The number of hydrogen-bond donors (Lipinski definition) is 0. The first-order valence-corrected chi connectivity index (χ1v) is 7.60. The van der Waals surface area contributed by atoms with Crippen LogP contribution in [0, 0.1) is 0 Å². The Morgan fingerprint density at radius 3 is 1.14 bits per heavy atom. The molecule has 0 aromatic carbocycles. The van der Waals surface area contributed by atoms with Crippen molar-refractivity contribution in [3.8, 4) is 0 Å². The summed E-state index contributed by atoms with van der Waals surface area (Å²) in [6, 6.07) is 0.